The molecule has 2 aromatic rings. The van der Waals surface area contributed by atoms with E-state index >= 15 is 0 Å². The Morgan fingerprint density at radius 2 is 0.773 bits per heavy atom. The molecule has 0 radical (unpaired) electrons. The molecule has 0 aliphatic rings. The van der Waals surface area contributed by atoms with Crippen molar-refractivity contribution < 1.29 is 32.8 Å². The quantitative estimate of drug-likeness (QED) is 0.0840. The third kappa shape index (κ3) is 15.6. The predicted octanol–water partition coefficient (Wildman–Crippen LogP) is 6.02. The molecule has 0 aliphatic heterocycles. The Bertz CT molecular complexity index is 868. The highest BCUT2D eigenvalue weighted by Crippen LogP contribution is 2.36. The average molecular weight is 633 g/mol. The highest BCUT2D eigenvalue weighted by atomic mass is 28.4. The Morgan fingerprint density at radius 3 is 1.16 bits per heavy atom. The van der Waals surface area contributed by atoms with Gasteiger partial charge in [-0.05, 0) is 21.8 Å². The maximum atomic E-state index is 6.84. The first kappa shape index (κ1) is 38.6. The van der Waals surface area contributed by atoms with E-state index in [0.29, 0.717) is 79.3 Å². The number of unbranched alkanes of at least 4 members (excludes halogenated alkanes) is 5. The summed E-state index contributed by atoms with van der Waals surface area (Å²) >= 11 is 0. The molecule has 0 unspecified atom stereocenters. The van der Waals surface area contributed by atoms with Crippen molar-refractivity contribution in [2.75, 3.05) is 85.9 Å². The summed E-state index contributed by atoms with van der Waals surface area (Å²) < 4.78 is 40.6. The second-order valence-corrected chi connectivity index (χ2v) is 16.3. The molecule has 2 aromatic carbocycles. The van der Waals surface area contributed by atoms with Crippen LogP contribution in [0.1, 0.15) is 66.2 Å². The average Bonchev–Trinajstić information content (AvgIpc) is 3.03. The van der Waals surface area contributed by atoms with Gasteiger partial charge in [0.15, 0.2) is 0 Å². The molecule has 0 aliphatic carbocycles. The van der Waals surface area contributed by atoms with E-state index in [1.165, 1.54) is 42.5 Å². The van der Waals surface area contributed by atoms with E-state index in [4.69, 9.17) is 32.8 Å². The summed E-state index contributed by atoms with van der Waals surface area (Å²) in [5, 5.41) is 2.51. The van der Waals surface area contributed by atoms with E-state index in [1.54, 1.807) is 0 Å². The Labute approximate surface area is 269 Å². The SMILES string of the molecule is CCCCCCCCOCCOCCOCCOCCOCCOCCO[Si](c1ccccc1)(c1ccccc1)C(C)(C)C. The zero-order valence-electron chi connectivity index (χ0n) is 28.1. The monoisotopic (exact) mass is 632 g/mol. The van der Waals surface area contributed by atoms with Gasteiger partial charge in [0.1, 0.15) is 0 Å². The van der Waals surface area contributed by atoms with Gasteiger partial charge in [0.25, 0.3) is 8.32 Å². The van der Waals surface area contributed by atoms with Crippen LogP contribution in [-0.2, 0) is 32.8 Å². The van der Waals surface area contributed by atoms with Gasteiger partial charge in [-0.3, -0.25) is 0 Å². The second kappa shape index (κ2) is 24.6. The van der Waals surface area contributed by atoms with Crippen LogP contribution in [0.5, 0.6) is 0 Å². The van der Waals surface area contributed by atoms with Crippen LogP contribution < -0.4 is 10.4 Å². The van der Waals surface area contributed by atoms with Crippen LogP contribution in [-0.4, -0.2) is 94.2 Å². The fourth-order valence-corrected chi connectivity index (χ4v) is 9.75. The van der Waals surface area contributed by atoms with Gasteiger partial charge in [0, 0.05) is 6.61 Å². The fraction of sp³-hybridized carbons (Fsp3) is 0.667. The lowest BCUT2D eigenvalue weighted by Crippen LogP contribution is -2.66. The summed E-state index contributed by atoms with van der Waals surface area (Å²) in [5.41, 5.74) is 0. The first-order valence-corrected chi connectivity index (χ1v) is 18.6. The van der Waals surface area contributed by atoms with E-state index < -0.39 is 8.32 Å². The normalized spacial score (nSPS) is 12.2. The zero-order valence-corrected chi connectivity index (χ0v) is 29.1. The van der Waals surface area contributed by atoms with Gasteiger partial charge < -0.3 is 32.8 Å². The Kier molecular flexibility index (Phi) is 21.5. The van der Waals surface area contributed by atoms with Gasteiger partial charge in [-0.2, -0.15) is 0 Å². The van der Waals surface area contributed by atoms with Gasteiger partial charge in [0.05, 0.1) is 79.3 Å². The van der Waals surface area contributed by atoms with Crippen molar-refractivity contribution in [1.82, 2.24) is 0 Å². The van der Waals surface area contributed by atoms with Crippen LogP contribution in [0.15, 0.2) is 60.7 Å². The largest absolute Gasteiger partial charge is 0.405 e. The van der Waals surface area contributed by atoms with Gasteiger partial charge in [0.2, 0.25) is 0 Å². The number of ether oxygens (including phenoxy) is 6. The lowest BCUT2D eigenvalue weighted by Gasteiger charge is -2.43. The van der Waals surface area contributed by atoms with Crippen molar-refractivity contribution in [3.8, 4) is 0 Å². The summed E-state index contributed by atoms with van der Waals surface area (Å²) in [4.78, 5) is 0. The van der Waals surface area contributed by atoms with Crippen LogP contribution in [0.3, 0.4) is 0 Å². The van der Waals surface area contributed by atoms with E-state index in [9.17, 15) is 0 Å². The first-order chi connectivity index (χ1) is 21.5. The second-order valence-electron chi connectivity index (χ2n) is 12.0. The molecular formula is C36H60O7Si. The fourth-order valence-electron chi connectivity index (χ4n) is 5.20. The third-order valence-electron chi connectivity index (χ3n) is 7.47. The number of hydrogen-bond acceptors (Lipinski definition) is 7. The molecule has 0 amide bonds. The van der Waals surface area contributed by atoms with Crippen molar-refractivity contribution >= 4 is 18.7 Å². The summed E-state index contributed by atoms with van der Waals surface area (Å²) in [6, 6.07) is 21.4. The van der Waals surface area contributed by atoms with E-state index in [0.717, 1.165) is 13.0 Å². The maximum Gasteiger partial charge on any atom is 0.261 e. The number of rotatable bonds is 28. The predicted molar refractivity (Wildman–Crippen MR) is 182 cm³/mol. The minimum absolute atomic E-state index is 0.0422. The smallest absolute Gasteiger partial charge is 0.261 e. The molecule has 0 N–H and O–H groups in total. The first-order valence-electron chi connectivity index (χ1n) is 16.7. The zero-order chi connectivity index (χ0) is 31.6. The molecule has 7 nitrogen and oxygen atoms in total. The van der Waals surface area contributed by atoms with E-state index in [1.807, 2.05) is 0 Å². The molecule has 250 valence electrons. The molecule has 0 atom stereocenters. The minimum atomic E-state index is -2.52. The molecule has 0 fully saturated rings. The Balaban J connectivity index is 1.43. The van der Waals surface area contributed by atoms with Crippen molar-refractivity contribution in [2.24, 2.45) is 0 Å². The van der Waals surface area contributed by atoms with Crippen LogP contribution in [0.2, 0.25) is 5.04 Å². The lowest BCUT2D eigenvalue weighted by molar-refractivity contribution is -0.0180. The third-order valence-corrected chi connectivity index (χ3v) is 12.5. The summed E-state index contributed by atoms with van der Waals surface area (Å²) in [6.07, 6.45) is 7.71. The molecule has 0 bridgehead atoms. The molecule has 8 heteroatoms. The van der Waals surface area contributed by atoms with Gasteiger partial charge >= 0.3 is 0 Å². The van der Waals surface area contributed by atoms with Crippen molar-refractivity contribution in [2.45, 2.75) is 71.3 Å². The van der Waals surface area contributed by atoms with E-state index in [-0.39, 0.29) is 5.04 Å². The van der Waals surface area contributed by atoms with Crippen LogP contribution >= 0.6 is 0 Å². The molecule has 0 saturated carbocycles. The van der Waals surface area contributed by atoms with Crippen LogP contribution in [0, 0.1) is 0 Å². The number of benzene rings is 2. The molecule has 44 heavy (non-hydrogen) atoms. The topological polar surface area (TPSA) is 64.6 Å². The highest BCUT2D eigenvalue weighted by Gasteiger charge is 2.49. The van der Waals surface area contributed by atoms with Gasteiger partial charge in [-0.15, -0.1) is 0 Å². The molecule has 0 aromatic heterocycles. The molecule has 2 rings (SSSR count). The van der Waals surface area contributed by atoms with Crippen LogP contribution in [0.25, 0.3) is 0 Å². The molecule has 0 saturated heterocycles. The summed E-state index contributed by atoms with van der Waals surface area (Å²) in [6.45, 7) is 16.6. The van der Waals surface area contributed by atoms with Crippen molar-refractivity contribution in [3.05, 3.63) is 60.7 Å². The van der Waals surface area contributed by atoms with Gasteiger partial charge in [-0.25, -0.2) is 0 Å². The molecule has 0 heterocycles. The Morgan fingerprint density at radius 1 is 0.432 bits per heavy atom. The maximum absolute atomic E-state index is 6.84. The summed E-state index contributed by atoms with van der Waals surface area (Å²) in [5.74, 6) is 0. The Hall–Kier alpha value is -1.62. The highest BCUT2D eigenvalue weighted by molar-refractivity contribution is 6.99. The van der Waals surface area contributed by atoms with Gasteiger partial charge in [-0.1, -0.05) is 120 Å². The minimum Gasteiger partial charge on any atom is -0.405 e. The summed E-state index contributed by atoms with van der Waals surface area (Å²) in [7, 11) is -2.52. The molecular weight excluding hydrogens is 572 g/mol. The molecule has 0 spiro atoms. The van der Waals surface area contributed by atoms with E-state index in [2.05, 4.69) is 88.4 Å². The van der Waals surface area contributed by atoms with Crippen LogP contribution in [0.4, 0.5) is 0 Å². The lowest BCUT2D eigenvalue weighted by atomic mass is 10.1. The van der Waals surface area contributed by atoms with Crippen molar-refractivity contribution in [3.63, 3.8) is 0 Å². The standard InChI is InChI=1S/C36H60O7Si/c1-5-6-7-8-9-16-21-37-22-23-38-24-25-39-26-27-40-28-29-41-30-31-42-32-33-43-44(36(2,3)4,34-17-12-10-13-18-34)35-19-14-11-15-20-35/h10-15,17-20H,5-9,16,21-33H2,1-4H3. The van der Waals surface area contributed by atoms with Crippen molar-refractivity contribution in [1.29, 1.82) is 0 Å². The number of hydrogen-bond donors (Lipinski definition) is 0.